The van der Waals surface area contributed by atoms with Crippen LogP contribution in [0.5, 0.6) is 5.75 Å². The Hall–Kier alpha value is -2.14. The first-order valence-electron chi connectivity index (χ1n) is 7.75. The summed E-state index contributed by atoms with van der Waals surface area (Å²) < 4.78 is 5.59. The predicted molar refractivity (Wildman–Crippen MR) is 88.1 cm³/mol. The number of hydrogen-bond acceptors (Lipinski definition) is 4. The van der Waals surface area contributed by atoms with Gasteiger partial charge in [0, 0.05) is 16.7 Å². The Morgan fingerprint density at radius 3 is 2.91 bits per heavy atom. The number of thiophene rings is 1. The van der Waals surface area contributed by atoms with Crippen LogP contribution >= 0.6 is 11.3 Å². The molecule has 2 aliphatic rings. The predicted octanol–water partition coefficient (Wildman–Crippen LogP) is 2.92. The van der Waals surface area contributed by atoms with Crippen molar-refractivity contribution in [2.24, 2.45) is 5.92 Å². The highest BCUT2D eigenvalue weighted by atomic mass is 32.1. The molecule has 1 amide bonds. The number of para-hydroxylation sites is 1. The number of rotatable bonds is 3. The zero-order chi connectivity index (χ0) is 16.0. The third kappa shape index (κ3) is 2.55. The Bertz CT molecular complexity index is 782. The van der Waals surface area contributed by atoms with Gasteiger partial charge in [-0.3, -0.25) is 9.59 Å². The van der Waals surface area contributed by atoms with Gasteiger partial charge in [-0.1, -0.05) is 12.1 Å². The van der Waals surface area contributed by atoms with Crippen LogP contribution in [0.25, 0.3) is 0 Å². The summed E-state index contributed by atoms with van der Waals surface area (Å²) in [5.41, 5.74) is 1.80. The quantitative estimate of drug-likeness (QED) is 0.943. The summed E-state index contributed by atoms with van der Waals surface area (Å²) in [4.78, 5) is 26.2. The van der Waals surface area contributed by atoms with Gasteiger partial charge < -0.3 is 10.1 Å². The van der Waals surface area contributed by atoms with Crippen molar-refractivity contribution < 1.29 is 14.3 Å². The van der Waals surface area contributed by atoms with Gasteiger partial charge in [-0.2, -0.15) is 0 Å². The molecule has 2 aromatic rings. The van der Waals surface area contributed by atoms with Crippen molar-refractivity contribution in [3.63, 3.8) is 0 Å². The van der Waals surface area contributed by atoms with E-state index in [1.54, 1.807) is 29.5 Å². The van der Waals surface area contributed by atoms with E-state index in [0.717, 1.165) is 6.42 Å². The van der Waals surface area contributed by atoms with Crippen molar-refractivity contribution in [2.75, 3.05) is 6.61 Å². The van der Waals surface area contributed by atoms with E-state index in [0.29, 0.717) is 17.2 Å². The van der Waals surface area contributed by atoms with Crippen LogP contribution in [-0.4, -0.2) is 24.3 Å². The maximum absolute atomic E-state index is 12.5. The third-order valence-electron chi connectivity index (χ3n) is 4.56. The maximum Gasteiger partial charge on any atom is 0.224 e. The van der Waals surface area contributed by atoms with Crippen LogP contribution in [0.1, 0.15) is 33.1 Å². The minimum absolute atomic E-state index is 0.0164. The Labute approximate surface area is 138 Å². The number of aryl methyl sites for hydroxylation is 1. The monoisotopic (exact) mass is 327 g/mol. The van der Waals surface area contributed by atoms with E-state index < -0.39 is 6.04 Å². The first-order valence-corrected chi connectivity index (χ1v) is 8.63. The highest BCUT2D eigenvalue weighted by Gasteiger charge is 2.46. The van der Waals surface area contributed by atoms with Gasteiger partial charge in [0.1, 0.15) is 18.4 Å². The molecule has 1 aromatic heterocycles. The Morgan fingerprint density at radius 1 is 1.30 bits per heavy atom. The molecule has 5 heteroatoms. The van der Waals surface area contributed by atoms with E-state index in [9.17, 15) is 9.59 Å². The summed E-state index contributed by atoms with van der Waals surface area (Å²) in [7, 11) is 0. The second-order valence-electron chi connectivity index (χ2n) is 6.15. The fourth-order valence-electron chi connectivity index (χ4n) is 3.16. The van der Waals surface area contributed by atoms with Gasteiger partial charge in [0.2, 0.25) is 5.91 Å². The number of benzene rings is 1. The van der Waals surface area contributed by atoms with Crippen molar-refractivity contribution in [1.82, 2.24) is 5.32 Å². The van der Waals surface area contributed by atoms with Crippen LogP contribution in [-0.2, 0) is 4.79 Å². The molecule has 1 aromatic carbocycles. The van der Waals surface area contributed by atoms with E-state index in [-0.39, 0.29) is 24.2 Å². The van der Waals surface area contributed by atoms with Crippen molar-refractivity contribution in [2.45, 2.75) is 25.3 Å². The van der Waals surface area contributed by atoms with Gasteiger partial charge >= 0.3 is 0 Å². The largest absolute Gasteiger partial charge is 0.490 e. The van der Waals surface area contributed by atoms with E-state index in [4.69, 9.17) is 4.74 Å². The lowest BCUT2D eigenvalue weighted by Crippen LogP contribution is -2.47. The average molecular weight is 327 g/mol. The minimum atomic E-state index is -0.580. The number of carbonyl (C=O) groups is 2. The van der Waals surface area contributed by atoms with Crippen LogP contribution in [0.3, 0.4) is 0 Å². The van der Waals surface area contributed by atoms with E-state index in [1.165, 1.54) is 10.4 Å². The van der Waals surface area contributed by atoms with Crippen molar-refractivity contribution >= 4 is 23.0 Å². The topological polar surface area (TPSA) is 55.4 Å². The Morgan fingerprint density at radius 2 is 2.13 bits per heavy atom. The highest BCUT2D eigenvalue weighted by molar-refractivity contribution is 7.10. The number of ketones is 1. The molecule has 2 heterocycles. The zero-order valence-electron chi connectivity index (χ0n) is 12.7. The molecule has 1 N–H and O–H groups in total. The number of hydrogen-bond donors (Lipinski definition) is 1. The van der Waals surface area contributed by atoms with Crippen LogP contribution in [0, 0.1) is 12.8 Å². The Balaban J connectivity index is 1.43. The maximum atomic E-state index is 12.5. The van der Waals surface area contributed by atoms with Crippen molar-refractivity contribution in [3.8, 4) is 5.75 Å². The van der Waals surface area contributed by atoms with E-state index >= 15 is 0 Å². The molecule has 0 bridgehead atoms. The summed E-state index contributed by atoms with van der Waals surface area (Å²) in [6, 6.07) is 8.67. The van der Waals surface area contributed by atoms with Gasteiger partial charge in [-0.05, 0) is 42.5 Å². The molecule has 1 aliphatic carbocycles. The fourth-order valence-corrected chi connectivity index (χ4v) is 4.27. The standard InChI is InChI=1S/C18H17NO3S/c1-10-6-7-23-17(10)12-8-13(12)18(21)19-14-9-22-15-5-3-2-4-11(15)16(14)20/h2-7,12-14H,8-9H2,1H3,(H,19,21). The van der Waals surface area contributed by atoms with Gasteiger partial charge in [0.05, 0.1) is 5.56 Å². The molecule has 23 heavy (non-hydrogen) atoms. The lowest BCUT2D eigenvalue weighted by Gasteiger charge is -2.24. The molecule has 3 atom stereocenters. The molecule has 3 unspecified atom stereocenters. The molecule has 4 rings (SSSR count). The molecule has 0 spiro atoms. The molecule has 1 aliphatic heterocycles. The van der Waals surface area contributed by atoms with Crippen molar-refractivity contribution in [3.05, 3.63) is 51.7 Å². The smallest absolute Gasteiger partial charge is 0.224 e. The second kappa shape index (κ2) is 5.49. The molecular formula is C18H17NO3S. The highest BCUT2D eigenvalue weighted by Crippen LogP contribution is 2.50. The molecule has 1 saturated carbocycles. The van der Waals surface area contributed by atoms with Gasteiger partial charge in [-0.25, -0.2) is 0 Å². The molecule has 4 nitrogen and oxygen atoms in total. The summed E-state index contributed by atoms with van der Waals surface area (Å²) in [5.74, 6) is 0.787. The van der Waals surface area contributed by atoms with Gasteiger partial charge in [0.15, 0.2) is 5.78 Å². The summed E-state index contributed by atoms with van der Waals surface area (Å²) in [6.45, 7) is 2.28. The molecular weight excluding hydrogens is 310 g/mol. The third-order valence-corrected chi connectivity index (χ3v) is 5.71. The Kier molecular flexibility index (Phi) is 3.45. The number of amides is 1. The lowest BCUT2D eigenvalue weighted by atomic mass is 10.0. The lowest BCUT2D eigenvalue weighted by molar-refractivity contribution is -0.123. The summed E-state index contributed by atoms with van der Waals surface area (Å²) >= 11 is 1.71. The number of ether oxygens (including phenoxy) is 1. The molecule has 118 valence electrons. The van der Waals surface area contributed by atoms with Crippen molar-refractivity contribution in [1.29, 1.82) is 0 Å². The zero-order valence-corrected chi connectivity index (χ0v) is 13.6. The number of nitrogens with one attached hydrogen (secondary N) is 1. The molecule has 0 radical (unpaired) electrons. The SMILES string of the molecule is Cc1ccsc1C1CC1C(=O)NC1COc2ccccc2C1=O. The summed E-state index contributed by atoms with van der Waals surface area (Å²) in [6.07, 6.45) is 0.867. The van der Waals surface area contributed by atoms with Crippen LogP contribution in [0.4, 0.5) is 0 Å². The van der Waals surface area contributed by atoms with Gasteiger partial charge in [0.25, 0.3) is 0 Å². The first-order chi connectivity index (χ1) is 11.1. The number of Topliss-reactive ketones (excluding diaryl/α,β-unsaturated/α-hetero) is 1. The first kappa shape index (κ1) is 14.5. The normalized spacial score (nSPS) is 25.4. The number of carbonyl (C=O) groups excluding carboxylic acids is 2. The number of fused-ring (bicyclic) bond motifs is 1. The minimum Gasteiger partial charge on any atom is -0.490 e. The van der Waals surface area contributed by atoms with Gasteiger partial charge in [-0.15, -0.1) is 11.3 Å². The second-order valence-corrected chi connectivity index (χ2v) is 7.10. The fraction of sp³-hybridized carbons (Fsp3) is 0.333. The van der Waals surface area contributed by atoms with E-state index in [2.05, 4.69) is 23.7 Å². The molecule has 1 fully saturated rings. The van der Waals surface area contributed by atoms with Crippen LogP contribution < -0.4 is 10.1 Å². The van der Waals surface area contributed by atoms with Crippen LogP contribution in [0.15, 0.2) is 35.7 Å². The summed E-state index contributed by atoms with van der Waals surface area (Å²) in [5, 5.41) is 4.94. The molecule has 0 saturated heterocycles. The van der Waals surface area contributed by atoms with E-state index in [1.807, 2.05) is 6.07 Å². The average Bonchev–Trinajstić information content (AvgIpc) is 3.24. The van der Waals surface area contributed by atoms with Crippen LogP contribution in [0.2, 0.25) is 0 Å².